The number of nitrogens with one attached hydrogen (secondary N) is 1. The molecule has 0 aliphatic carbocycles. The summed E-state index contributed by atoms with van der Waals surface area (Å²) in [6.45, 7) is 8.93. The Morgan fingerprint density at radius 3 is 2.93 bits per heavy atom. The summed E-state index contributed by atoms with van der Waals surface area (Å²) in [4.78, 5) is 6.97. The predicted molar refractivity (Wildman–Crippen MR) is 59.7 cm³/mol. The molecule has 2 aliphatic rings. The summed E-state index contributed by atoms with van der Waals surface area (Å²) in [6, 6.07) is 0.425. The predicted octanol–water partition coefficient (Wildman–Crippen LogP) is 1.03. The molecule has 78 valence electrons. The largest absolute Gasteiger partial charge is 0.293 e. The molecule has 1 fully saturated rings. The van der Waals surface area contributed by atoms with Crippen LogP contribution in [-0.4, -0.2) is 42.0 Å². The number of dihydropyridines is 1. The Labute approximate surface area is 85.9 Å². The summed E-state index contributed by atoms with van der Waals surface area (Å²) in [5.41, 5.74) is 0.224. The molecular weight excluding hydrogens is 174 g/mol. The maximum Gasteiger partial charge on any atom is 0.119 e. The number of piperazine rings is 1. The van der Waals surface area contributed by atoms with E-state index in [1.807, 2.05) is 12.3 Å². The van der Waals surface area contributed by atoms with Crippen LogP contribution in [-0.2, 0) is 0 Å². The Balaban J connectivity index is 2.18. The van der Waals surface area contributed by atoms with Gasteiger partial charge in [0.1, 0.15) is 6.17 Å². The normalized spacial score (nSPS) is 33.1. The lowest BCUT2D eigenvalue weighted by Gasteiger charge is -2.46. The van der Waals surface area contributed by atoms with Crippen molar-refractivity contribution in [2.75, 3.05) is 13.1 Å². The second kappa shape index (κ2) is 3.48. The van der Waals surface area contributed by atoms with Crippen molar-refractivity contribution in [2.45, 2.75) is 38.5 Å². The monoisotopic (exact) mass is 193 g/mol. The Bertz CT molecular complexity index is 262. The van der Waals surface area contributed by atoms with E-state index in [0.29, 0.717) is 6.04 Å². The molecule has 0 amide bonds. The first-order chi connectivity index (χ1) is 6.59. The Morgan fingerprint density at radius 2 is 2.21 bits per heavy atom. The van der Waals surface area contributed by atoms with Gasteiger partial charge in [-0.05, 0) is 26.8 Å². The highest BCUT2D eigenvalue weighted by Gasteiger charge is 2.35. The quantitative estimate of drug-likeness (QED) is 0.622. The van der Waals surface area contributed by atoms with Crippen LogP contribution in [0.5, 0.6) is 0 Å². The first-order valence-electron chi connectivity index (χ1n) is 5.29. The fourth-order valence-corrected chi connectivity index (χ4v) is 2.21. The van der Waals surface area contributed by atoms with Crippen LogP contribution in [0.4, 0.5) is 0 Å². The minimum atomic E-state index is 0.224. The average molecular weight is 193 g/mol. The van der Waals surface area contributed by atoms with Crippen LogP contribution in [0.25, 0.3) is 0 Å². The summed E-state index contributed by atoms with van der Waals surface area (Å²) in [6.07, 6.45) is 6.44. The standard InChI is InChI=1S/C11H19N3/c1-11(2,3)14-8-7-13-10-9(14)5-4-6-12-10/h4-6,9-10,13H,7-8H2,1-3H3. The van der Waals surface area contributed by atoms with E-state index < -0.39 is 0 Å². The van der Waals surface area contributed by atoms with Gasteiger partial charge >= 0.3 is 0 Å². The molecule has 2 rings (SSSR count). The third-order valence-corrected chi connectivity index (χ3v) is 2.89. The van der Waals surface area contributed by atoms with E-state index in [-0.39, 0.29) is 11.7 Å². The maximum absolute atomic E-state index is 4.45. The van der Waals surface area contributed by atoms with Crippen LogP contribution in [0.1, 0.15) is 20.8 Å². The van der Waals surface area contributed by atoms with Crippen molar-refractivity contribution < 1.29 is 0 Å². The van der Waals surface area contributed by atoms with Crippen LogP contribution >= 0.6 is 0 Å². The molecule has 2 unspecified atom stereocenters. The van der Waals surface area contributed by atoms with E-state index in [9.17, 15) is 0 Å². The van der Waals surface area contributed by atoms with Crippen molar-refractivity contribution in [3.63, 3.8) is 0 Å². The van der Waals surface area contributed by atoms with E-state index in [1.165, 1.54) is 0 Å². The van der Waals surface area contributed by atoms with Gasteiger partial charge in [-0.25, -0.2) is 0 Å². The van der Waals surface area contributed by atoms with Gasteiger partial charge in [-0.1, -0.05) is 6.08 Å². The molecule has 2 atom stereocenters. The Hall–Kier alpha value is -0.670. The lowest BCUT2D eigenvalue weighted by Crippen LogP contribution is -2.62. The number of rotatable bonds is 0. The van der Waals surface area contributed by atoms with Crippen molar-refractivity contribution in [1.29, 1.82) is 0 Å². The summed E-state index contributed by atoms with van der Waals surface area (Å²) < 4.78 is 0. The number of hydrogen-bond acceptors (Lipinski definition) is 3. The third-order valence-electron chi connectivity index (χ3n) is 2.89. The van der Waals surface area contributed by atoms with Gasteiger partial charge in [-0.15, -0.1) is 0 Å². The van der Waals surface area contributed by atoms with Gasteiger partial charge in [-0.3, -0.25) is 15.2 Å². The molecule has 0 bridgehead atoms. The highest BCUT2D eigenvalue weighted by atomic mass is 15.3. The Kier molecular flexibility index (Phi) is 2.45. The summed E-state index contributed by atoms with van der Waals surface area (Å²) in [5.74, 6) is 0. The zero-order valence-electron chi connectivity index (χ0n) is 9.20. The topological polar surface area (TPSA) is 27.6 Å². The van der Waals surface area contributed by atoms with Gasteiger partial charge in [0, 0.05) is 24.8 Å². The number of allylic oxidation sites excluding steroid dienone is 1. The van der Waals surface area contributed by atoms with Crippen molar-refractivity contribution in [3.8, 4) is 0 Å². The van der Waals surface area contributed by atoms with Gasteiger partial charge in [0.05, 0.1) is 6.04 Å². The number of hydrogen-bond donors (Lipinski definition) is 1. The fourth-order valence-electron chi connectivity index (χ4n) is 2.21. The summed E-state index contributed by atoms with van der Waals surface area (Å²) in [5, 5.41) is 3.43. The zero-order chi connectivity index (χ0) is 10.2. The second-order valence-electron chi connectivity index (χ2n) is 4.94. The van der Waals surface area contributed by atoms with E-state index in [4.69, 9.17) is 0 Å². The SMILES string of the molecule is CC(C)(C)N1CCNC2N=CC=CC21. The molecule has 1 saturated heterocycles. The van der Waals surface area contributed by atoms with E-state index in [2.05, 4.69) is 42.1 Å². The highest BCUT2D eigenvalue weighted by Crippen LogP contribution is 2.23. The van der Waals surface area contributed by atoms with Crippen molar-refractivity contribution in [3.05, 3.63) is 12.2 Å². The third kappa shape index (κ3) is 1.74. The highest BCUT2D eigenvalue weighted by molar-refractivity contribution is 5.72. The van der Waals surface area contributed by atoms with Gasteiger partial charge in [-0.2, -0.15) is 0 Å². The van der Waals surface area contributed by atoms with Crippen LogP contribution in [0, 0.1) is 0 Å². The van der Waals surface area contributed by atoms with Crippen molar-refractivity contribution >= 4 is 6.21 Å². The number of nitrogens with zero attached hydrogens (tertiary/aromatic N) is 2. The molecule has 14 heavy (non-hydrogen) atoms. The van der Waals surface area contributed by atoms with Crippen LogP contribution in [0.15, 0.2) is 17.1 Å². The molecule has 3 heteroatoms. The van der Waals surface area contributed by atoms with Crippen molar-refractivity contribution in [1.82, 2.24) is 10.2 Å². The minimum Gasteiger partial charge on any atom is -0.293 e. The van der Waals surface area contributed by atoms with Crippen LogP contribution < -0.4 is 5.32 Å². The second-order valence-corrected chi connectivity index (χ2v) is 4.94. The first kappa shape index (κ1) is 9.87. The Morgan fingerprint density at radius 1 is 1.43 bits per heavy atom. The van der Waals surface area contributed by atoms with Gasteiger partial charge in [0.25, 0.3) is 0 Å². The fraction of sp³-hybridized carbons (Fsp3) is 0.727. The molecule has 2 heterocycles. The molecule has 3 nitrogen and oxygen atoms in total. The van der Waals surface area contributed by atoms with E-state index in [1.54, 1.807) is 0 Å². The first-order valence-corrected chi connectivity index (χ1v) is 5.29. The molecule has 0 saturated carbocycles. The lowest BCUT2D eigenvalue weighted by molar-refractivity contribution is 0.0595. The van der Waals surface area contributed by atoms with Gasteiger partial charge < -0.3 is 0 Å². The average Bonchev–Trinajstić information content (AvgIpc) is 2.15. The smallest absolute Gasteiger partial charge is 0.119 e. The molecule has 0 spiro atoms. The summed E-state index contributed by atoms with van der Waals surface area (Å²) in [7, 11) is 0. The molecule has 2 aliphatic heterocycles. The van der Waals surface area contributed by atoms with Gasteiger partial charge in [0.2, 0.25) is 0 Å². The van der Waals surface area contributed by atoms with Gasteiger partial charge in [0.15, 0.2) is 0 Å². The van der Waals surface area contributed by atoms with Crippen molar-refractivity contribution in [2.24, 2.45) is 4.99 Å². The summed E-state index contributed by atoms with van der Waals surface area (Å²) >= 11 is 0. The molecular formula is C11H19N3. The van der Waals surface area contributed by atoms with Crippen LogP contribution in [0.2, 0.25) is 0 Å². The minimum absolute atomic E-state index is 0.224. The molecule has 0 radical (unpaired) electrons. The van der Waals surface area contributed by atoms with Crippen LogP contribution in [0.3, 0.4) is 0 Å². The van der Waals surface area contributed by atoms with E-state index in [0.717, 1.165) is 13.1 Å². The molecule has 0 aromatic carbocycles. The van der Waals surface area contributed by atoms with E-state index >= 15 is 0 Å². The maximum atomic E-state index is 4.45. The lowest BCUT2D eigenvalue weighted by atomic mass is 9.98. The molecule has 1 N–H and O–H groups in total. The molecule has 0 aromatic heterocycles. The number of fused-ring (bicyclic) bond motifs is 1. The zero-order valence-corrected chi connectivity index (χ0v) is 9.20. The number of aliphatic imine (C=N–C) groups is 1. The molecule has 0 aromatic rings.